The molecule has 0 radical (unpaired) electrons. The molecular weight excluding hydrogens is 286 g/mol. The van der Waals surface area contributed by atoms with E-state index in [1.165, 1.54) is 0 Å². The molecule has 94 valence electrons. The van der Waals surface area contributed by atoms with E-state index in [1.54, 1.807) is 32.2 Å². The Balaban J connectivity index is 2.61. The van der Waals surface area contributed by atoms with Crippen molar-refractivity contribution in [2.45, 2.75) is 11.8 Å². The summed E-state index contributed by atoms with van der Waals surface area (Å²) < 4.78 is 4.95. The van der Waals surface area contributed by atoms with Gasteiger partial charge in [0.05, 0.1) is 11.4 Å². The molecule has 0 aliphatic carbocycles. The number of phenolic OH excluding ortho intramolecular Hbond substituents is 1. The van der Waals surface area contributed by atoms with Crippen LogP contribution in [0.15, 0.2) is 18.2 Å². The van der Waals surface area contributed by atoms with Crippen molar-refractivity contribution in [3.8, 4) is 5.75 Å². The van der Waals surface area contributed by atoms with Crippen LogP contribution in [0.4, 0.5) is 0 Å². The van der Waals surface area contributed by atoms with Crippen molar-refractivity contribution in [3.05, 3.63) is 29.3 Å². The molecule has 0 aliphatic heterocycles. The zero-order valence-electron chi connectivity index (χ0n) is 9.87. The summed E-state index contributed by atoms with van der Waals surface area (Å²) in [6.07, 6.45) is 0. The minimum absolute atomic E-state index is 0.0778. The molecule has 0 saturated carbocycles. The standard InChI is InChI=1S/C12H16BrNO3/c1-8-10(4-3-5-11(8)15)12(16)14-6-9(13)7-17-2/h3-5,9,15H,6-7H2,1-2H3,(H,14,16). The van der Waals surface area contributed by atoms with Crippen LogP contribution in [-0.2, 0) is 4.74 Å². The average molecular weight is 302 g/mol. The van der Waals surface area contributed by atoms with Gasteiger partial charge in [-0.25, -0.2) is 0 Å². The van der Waals surface area contributed by atoms with Gasteiger partial charge >= 0.3 is 0 Å². The lowest BCUT2D eigenvalue weighted by Gasteiger charge is -2.11. The second-order valence-corrected chi connectivity index (χ2v) is 5.01. The van der Waals surface area contributed by atoms with Gasteiger partial charge in [-0.3, -0.25) is 4.79 Å². The Hall–Kier alpha value is -1.07. The molecule has 17 heavy (non-hydrogen) atoms. The second kappa shape index (κ2) is 6.61. The maximum atomic E-state index is 11.8. The van der Waals surface area contributed by atoms with Crippen molar-refractivity contribution in [2.75, 3.05) is 20.3 Å². The summed E-state index contributed by atoms with van der Waals surface area (Å²) in [6, 6.07) is 4.90. The maximum absolute atomic E-state index is 11.8. The molecule has 0 bridgehead atoms. The van der Waals surface area contributed by atoms with Crippen LogP contribution < -0.4 is 5.32 Å². The maximum Gasteiger partial charge on any atom is 0.251 e. The average Bonchev–Trinajstić information content (AvgIpc) is 2.30. The van der Waals surface area contributed by atoms with Gasteiger partial charge in [0.15, 0.2) is 0 Å². The summed E-state index contributed by atoms with van der Waals surface area (Å²) in [6.45, 7) is 2.71. The van der Waals surface area contributed by atoms with Crippen molar-refractivity contribution in [1.29, 1.82) is 0 Å². The molecule has 1 atom stereocenters. The minimum atomic E-state index is -0.195. The molecule has 2 N–H and O–H groups in total. The van der Waals surface area contributed by atoms with Crippen molar-refractivity contribution in [2.24, 2.45) is 0 Å². The van der Waals surface area contributed by atoms with Crippen LogP contribution in [0.2, 0.25) is 0 Å². The third-order valence-corrected chi connectivity index (χ3v) is 2.97. The van der Waals surface area contributed by atoms with Crippen LogP contribution in [0, 0.1) is 6.92 Å². The molecule has 0 aliphatic rings. The fraction of sp³-hybridized carbons (Fsp3) is 0.417. The fourth-order valence-electron chi connectivity index (χ4n) is 1.41. The fourth-order valence-corrected chi connectivity index (χ4v) is 1.83. The van der Waals surface area contributed by atoms with Gasteiger partial charge in [-0.15, -0.1) is 0 Å². The van der Waals surface area contributed by atoms with E-state index >= 15 is 0 Å². The van der Waals surface area contributed by atoms with Crippen LogP contribution >= 0.6 is 15.9 Å². The second-order valence-electron chi connectivity index (χ2n) is 3.71. The summed E-state index contributed by atoms with van der Waals surface area (Å²) in [7, 11) is 1.61. The van der Waals surface area contributed by atoms with Crippen LogP contribution in [0.25, 0.3) is 0 Å². The highest BCUT2D eigenvalue weighted by atomic mass is 79.9. The van der Waals surface area contributed by atoms with E-state index in [-0.39, 0.29) is 16.5 Å². The smallest absolute Gasteiger partial charge is 0.251 e. The zero-order chi connectivity index (χ0) is 12.8. The quantitative estimate of drug-likeness (QED) is 0.816. The lowest BCUT2D eigenvalue weighted by Crippen LogP contribution is -2.31. The van der Waals surface area contributed by atoms with E-state index in [1.807, 2.05) is 0 Å². The van der Waals surface area contributed by atoms with Gasteiger partial charge < -0.3 is 15.2 Å². The van der Waals surface area contributed by atoms with E-state index in [0.29, 0.717) is 24.3 Å². The molecule has 1 aromatic carbocycles. The number of nitrogens with one attached hydrogen (secondary N) is 1. The van der Waals surface area contributed by atoms with Crippen LogP contribution in [0.1, 0.15) is 15.9 Å². The molecule has 0 spiro atoms. The molecule has 0 fully saturated rings. The highest BCUT2D eigenvalue weighted by Crippen LogP contribution is 2.19. The predicted molar refractivity (Wildman–Crippen MR) is 69.8 cm³/mol. The number of alkyl halides is 1. The topological polar surface area (TPSA) is 58.6 Å². The number of methoxy groups -OCH3 is 1. The van der Waals surface area contributed by atoms with Crippen molar-refractivity contribution in [3.63, 3.8) is 0 Å². The Kier molecular flexibility index (Phi) is 5.44. The van der Waals surface area contributed by atoms with E-state index in [4.69, 9.17) is 4.74 Å². The molecule has 0 heterocycles. The number of hydrogen-bond acceptors (Lipinski definition) is 3. The lowest BCUT2D eigenvalue weighted by atomic mass is 10.1. The van der Waals surface area contributed by atoms with E-state index < -0.39 is 0 Å². The molecule has 0 aromatic heterocycles. The van der Waals surface area contributed by atoms with E-state index in [9.17, 15) is 9.90 Å². The Morgan fingerprint density at radius 1 is 1.59 bits per heavy atom. The largest absolute Gasteiger partial charge is 0.508 e. The molecular formula is C12H16BrNO3. The monoisotopic (exact) mass is 301 g/mol. The van der Waals surface area contributed by atoms with Gasteiger partial charge in [0.25, 0.3) is 5.91 Å². The van der Waals surface area contributed by atoms with Crippen molar-refractivity contribution >= 4 is 21.8 Å². The Labute approximate surface area is 109 Å². The van der Waals surface area contributed by atoms with Gasteiger partial charge in [0.2, 0.25) is 0 Å². The molecule has 1 rings (SSSR count). The predicted octanol–water partition coefficient (Wildman–Crippen LogP) is 1.84. The first-order valence-electron chi connectivity index (χ1n) is 5.26. The van der Waals surface area contributed by atoms with Gasteiger partial charge in [-0.2, -0.15) is 0 Å². The van der Waals surface area contributed by atoms with Gasteiger partial charge in [0, 0.05) is 24.8 Å². The Bertz CT molecular complexity index is 395. The van der Waals surface area contributed by atoms with Gasteiger partial charge in [-0.05, 0) is 19.1 Å². The van der Waals surface area contributed by atoms with Gasteiger partial charge in [-0.1, -0.05) is 22.0 Å². The molecule has 5 heteroatoms. The third kappa shape index (κ3) is 4.02. The normalized spacial score (nSPS) is 12.2. The van der Waals surface area contributed by atoms with Crippen LogP contribution in [0.3, 0.4) is 0 Å². The molecule has 4 nitrogen and oxygen atoms in total. The van der Waals surface area contributed by atoms with E-state index in [2.05, 4.69) is 21.2 Å². The number of rotatable bonds is 5. The summed E-state index contributed by atoms with van der Waals surface area (Å²) in [4.78, 5) is 11.9. The van der Waals surface area contributed by atoms with E-state index in [0.717, 1.165) is 0 Å². The number of amides is 1. The lowest BCUT2D eigenvalue weighted by molar-refractivity contribution is 0.0949. The third-order valence-electron chi connectivity index (χ3n) is 2.38. The number of halogens is 1. The van der Waals surface area contributed by atoms with Gasteiger partial charge in [0.1, 0.15) is 5.75 Å². The molecule has 0 saturated heterocycles. The minimum Gasteiger partial charge on any atom is -0.508 e. The first-order valence-corrected chi connectivity index (χ1v) is 6.17. The zero-order valence-corrected chi connectivity index (χ0v) is 11.5. The molecule has 1 amide bonds. The van der Waals surface area contributed by atoms with Crippen molar-refractivity contribution in [1.82, 2.24) is 5.32 Å². The molecule has 1 aromatic rings. The number of carbonyl (C=O) groups is 1. The summed E-state index contributed by atoms with van der Waals surface area (Å²) >= 11 is 3.38. The van der Waals surface area contributed by atoms with Crippen LogP contribution in [-0.4, -0.2) is 36.1 Å². The summed E-state index contributed by atoms with van der Waals surface area (Å²) in [5, 5.41) is 12.3. The highest BCUT2D eigenvalue weighted by Gasteiger charge is 2.12. The number of hydrogen-bond donors (Lipinski definition) is 2. The Morgan fingerprint density at radius 2 is 2.29 bits per heavy atom. The summed E-state index contributed by atoms with van der Waals surface area (Å²) in [5.74, 6) is -0.0658. The molecule has 1 unspecified atom stereocenters. The number of aromatic hydroxyl groups is 1. The number of benzene rings is 1. The SMILES string of the molecule is COCC(Br)CNC(=O)c1cccc(O)c1C. The highest BCUT2D eigenvalue weighted by molar-refractivity contribution is 9.09. The summed E-state index contributed by atoms with van der Waals surface area (Å²) in [5.41, 5.74) is 1.07. The number of phenols is 1. The Morgan fingerprint density at radius 3 is 2.94 bits per heavy atom. The number of carbonyl (C=O) groups excluding carboxylic acids is 1. The van der Waals surface area contributed by atoms with Crippen molar-refractivity contribution < 1.29 is 14.6 Å². The first-order chi connectivity index (χ1) is 8.06. The van der Waals surface area contributed by atoms with Crippen LogP contribution in [0.5, 0.6) is 5.75 Å². The number of ether oxygens (including phenoxy) is 1. The first kappa shape index (κ1) is 14.0.